The molecule has 0 spiro atoms. The first-order valence-electron chi connectivity index (χ1n) is 5.84. The Morgan fingerprint density at radius 3 is 2.78 bits per heavy atom. The number of rotatable bonds is 5. The zero-order valence-electron chi connectivity index (χ0n) is 10.8. The number of alkyl halides is 1. The topological polar surface area (TPSA) is 65.0 Å². The smallest absolute Gasteiger partial charge is 0.330 e. The molecule has 3 atom stereocenters. The predicted molar refractivity (Wildman–Crippen MR) is 69.4 cm³/mol. The number of carbonyl (C=O) groups is 1. The summed E-state index contributed by atoms with van der Waals surface area (Å²) >= 11 is 3.19. The van der Waals surface area contributed by atoms with E-state index in [-0.39, 0.29) is 0 Å². The monoisotopic (exact) mass is 322 g/mol. The van der Waals surface area contributed by atoms with Gasteiger partial charge >= 0.3 is 5.97 Å². The van der Waals surface area contributed by atoms with E-state index < -0.39 is 30.1 Å². The third kappa shape index (κ3) is 4.35. The lowest BCUT2D eigenvalue weighted by Gasteiger charge is -2.19. The highest BCUT2D eigenvalue weighted by atomic mass is 79.9. The minimum absolute atomic E-state index is 0.324. The van der Waals surface area contributed by atoms with E-state index in [1.54, 1.807) is 26.8 Å². The number of ether oxygens (including phenoxy) is 3. The van der Waals surface area contributed by atoms with Crippen molar-refractivity contribution in [2.24, 2.45) is 0 Å². The van der Waals surface area contributed by atoms with E-state index in [0.717, 1.165) is 0 Å². The van der Waals surface area contributed by atoms with Gasteiger partial charge < -0.3 is 19.3 Å². The maximum absolute atomic E-state index is 11.2. The number of hydrogen-bond acceptors (Lipinski definition) is 5. The van der Waals surface area contributed by atoms with E-state index in [1.807, 2.05) is 0 Å². The Bertz CT molecular complexity index is 316. The molecule has 6 heteroatoms. The van der Waals surface area contributed by atoms with Crippen molar-refractivity contribution in [3.63, 3.8) is 0 Å². The number of esters is 1. The molecule has 0 unspecified atom stereocenters. The largest absolute Gasteiger partial charge is 0.463 e. The van der Waals surface area contributed by atoms with Gasteiger partial charge in [-0.2, -0.15) is 0 Å². The molecular weight excluding hydrogens is 304 g/mol. The van der Waals surface area contributed by atoms with E-state index in [4.69, 9.17) is 14.2 Å². The fourth-order valence-corrected chi connectivity index (χ4v) is 2.08. The van der Waals surface area contributed by atoms with Gasteiger partial charge in [-0.1, -0.05) is 15.9 Å². The molecule has 0 radical (unpaired) electrons. The predicted octanol–water partition coefficient (Wildman–Crippen LogP) is 1.38. The van der Waals surface area contributed by atoms with Gasteiger partial charge in [0.15, 0.2) is 5.79 Å². The number of aliphatic hydroxyl groups excluding tert-OH is 1. The third-order valence-electron chi connectivity index (χ3n) is 2.41. The summed E-state index contributed by atoms with van der Waals surface area (Å²) in [4.78, 5) is 11.2. The van der Waals surface area contributed by atoms with Crippen molar-refractivity contribution < 1.29 is 24.1 Å². The summed E-state index contributed by atoms with van der Waals surface area (Å²) in [6.07, 6.45) is 1.17. The Balaban J connectivity index is 2.69. The maximum Gasteiger partial charge on any atom is 0.330 e. The van der Waals surface area contributed by atoms with Crippen LogP contribution in [0.1, 0.15) is 20.8 Å². The van der Waals surface area contributed by atoms with Crippen molar-refractivity contribution >= 4 is 21.9 Å². The van der Waals surface area contributed by atoms with Gasteiger partial charge in [0.2, 0.25) is 0 Å². The average Bonchev–Trinajstić information content (AvgIpc) is 2.61. The van der Waals surface area contributed by atoms with Crippen molar-refractivity contribution in [1.29, 1.82) is 0 Å². The summed E-state index contributed by atoms with van der Waals surface area (Å²) in [7, 11) is 0. The van der Waals surface area contributed by atoms with Crippen LogP contribution in [-0.2, 0) is 19.0 Å². The van der Waals surface area contributed by atoms with Crippen LogP contribution in [0.5, 0.6) is 0 Å². The Morgan fingerprint density at radius 1 is 1.56 bits per heavy atom. The van der Waals surface area contributed by atoms with E-state index in [9.17, 15) is 9.90 Å². The highest BCUT2D eigenvalue weighted by Gasteiger charge is 2.43. The maximum atomic E-state index is 11.2. The van der Waals surface area contributed by atoms with Crippen LogP contribution in [-0.4, -0.2) is 47.1 Å². The molecule has 5 nitrogen and oxygen atoms in total. The van der Waals surface area contributed by atoms with Gasteiger partial charge in [-0.15, -0.1) is 0 Å². The Kier molecular flexibility index (Phi) is 5.78. The second-order valence-corrected chi connectivity index (χ2v) is 5.05. The summed E-state index contributed by atoms with van der Waals surface area (Å²) in [5.41, 5.74) is 0. The van der Waals surface area contributed by atoms with Crippen molar-refractivity contribution in [3.8, 4) is 0 Å². The molecule has 1 heterocycles. The van der Waals surface area contributed by atoms with Gasteiger partial charge in [-0.25, -0.2) is 4.79 Å². The van der Waals surface area contributed by atoms with Crippen LogP contribution in [0.15, 0.2) is 12.2 Å². The molecule has 18 heavy (non-hydrogen) atoms. The average molecular weight is 323 g/mol. The molecule has 0 saturated carbocycles. The second kappa shape index (κ2) is 6.65. The number of halogens is 1. The van der Waals surface area contributed by atoms with Crippen molar-refractivity contribution in [1.82, 2.24) is 0 Å². The minimum atomic E-state index is -0.780. The summed E-state index contributed by atoms with van der Waals surface area (Å²) in [5.74, 6) is -1.21. The number of aliphatic hydroxyl groups is 1. The molecule has 1 fully saturated rings. The molecule has 0 aromatic heterocycles. The van der Waals surface area contributed by atoms with Gasteiger partial charge in [0, 0.05) is 11.4 Å². The molecule has 1 N–H and O–H groups in total. The van der Waals surface area contributed by atoms with Crippen LogP contribution in [0.4, 0.5) is 0 Å². The first-order chi connectivity index (χ1) is 8.39. The molecule has 0 amide bonds. The Morgan fingerprint density at radius 2 is 2.22 bits per heavy atom. The summed E-state index contributed by atoms with van der Waals surface area (Å²) in [6, 6.07) is 0. The first-order valence-corrected chi connectivity index (χ1v) is 6.96. The zero-order valence-corrected chi connectivity index (χ0v) is 12.3. The van der Waals surface area contributed by atoms with Crippen LogP contribution in [0.3, 0.4) is 0 Å². The lowest BCUT2D eigenvalue weighted by molar-refractivity contribution is -0.151. The number of carbonyl (C=O) groups excluding carboxylic acids is 1. The molecule has 104 valence electrons. The fraction of sp³-hybridized carbons (Fsp3) is 0.750. The Labute approximate surface area is 115 Å². The molecule has 0 aromatic rings. The van der Waals surface area contributed by atoms with Gasteiger partial charge in [0.25, 0.3) is 0 Å². The molecule has 1 rings (SSSR count). The van der Waals surface area contributed by atoms with Crippen molar-refractivity contribution in [3.05, 3.63) is 12.2 Å². The lowest BCUT2D eigenvalue weighted by atomic mass is 10.1. The SMILES string of the molecule is CCOC(=O)/C=C\[C@@H]1OC(C)(C)O[C@@H]1[C@H](O)CBr. The lowest BCUT2D eigenvalue weighted by Crippen LogP contribution is -2.35. The van der Waals surface area contributed by atoms with Crippen LogP contribution in [0.2, 0.25) is 0 Å². The van der Waals surface area contributed by atoms with Gasteiger partial charge in [0.1, 0.15) is 12.2 Å². The molecule has 0 aliphatic carbocycles. The molecule has 1 aliphatic rings. The van der Waals surface area contributed by atoms with Crippen LogP contribution in [0, 0.1) is 0 Å². The van der Waals surface area contributed by atoms with E-state index >= 15 is 0 Å². The summed E-state index contributed by atoms with van der Waals surface area (Å²) < 4.78 is 16.0. The van der Waals surface area contributed by atoms with E-state index in [1.165, 1.54) is 6.08 Å². The highest BCUT2D eigenvalue weighted by molar-refractivity contribution is 9.09. The van der Waals surface area contributed by atoms with E-state index in [0.29, 0.717) is 11.9 Å². The minimum Gasteiger partial charge on any atom is -0.463 e. The standard InChI is InChI=1S/C12H19BrO5/c1-4-16-10(15)6-5-9-11(8(14)7-13)18-12(2,3)17-9/h5-6,8-9,11,14H,4,7H2,1-3H3/b6-5-/t8-,9+,11-/m1/s1. The first kappa shape index (κ1) is 15.6. The van der Waals surface area contributed by atoms with E-state index in [2.05, 4.69) is 15.9 Å². The van der Waals surface area contributed by atoms with Crippen LogP contribution >= 0.6 is 15.9 Å². The fourth-order valence-electron chi connectivity index (χ4n) is 1.72. The highest BCUT2D eigenvalue weighted by Crippen LogP contribution is 2.31. The molecular formula is C12H19BrO5. The molecule has 0 aromatic carbocycles. The van der Waals surface area contributed by atoms with Crippen LogP contribution < -0.4 is 0 Å². The van der Waals surface area contributed by atoms with Gasteiger partial charge in [0.05, 0.1) is 12.7 Å². The summed E-state index contributed by atoms with van der Waals surface area (Å²) in [6.45, 7) is 5.59. The van der Waals surface area contributed by atoms with Crippen molar-refractivity contribution in [2.75, 3.05) is 11.9 Å². The van der Waals surface area contributed by atoms with Crippen LogP contribution in [0.25, 0.3) is 0 Å². The number of hydrogen-bond donors (Lipinski definition) is 1. The summed E-state index contributed by atoms with van der Waals surface area (Å²) in [5, 5.41) is 10.2. The van der Waals surface area contributed by atoms with Gasteiger partial charge in [-0.3, -0.25) is 0 Å². The normalized spacial score (nSPS) is 28.5. The second-order valence-electron chi connectivity index (χ2n) is 4.40. The molecule has 1 aliphatic heterocycles. The quantitative estimate of drug-likeness (QED) is 0.470. The Hall–Kier alpha value is -0.430. The van der Waals surface area contributed by atoms with Gasteiger partial charge in [-0.05, 0) is 26.8 Å². The zero-order chi connectivity index (χ0) is 13.8. The third-order valence-corrected chi connectivity index (χ3v) is 3.07. The molecule has 1 saturated heterocycles. The van der Waals surface area contributed by atoms with Crippen molar-refractivity contribution in [2.45, 2.75) is 44.9 Å². The molecule has 0 bridgehead atoms.